The van der Waals surface area contributed by atoms with Gasteiger partial charge in [-0.05, 0) is 38.8 Å². The molecule has 50 heavy (non-hydrogen) atoms. The number of fused-ring (bicyclic) bond motifs is 4. The molecule has 2 aromatic carbocycles. The number of quaternary nitrogens is 2. The third-order valence-electron chi connectivity index (χ3n) is 13.1. The number of carbonyl (C=O) groups excluding carboxylic acids is 2. The summed E-state index contributed by atoms with van der Waals surface area (Å²) in [7, 11) is 4.73. The fourth-order valence-electron chi connectivity index (χ4n) is 9.64. The van der Waals surface area contributed by atoms with E-state index in [9.17, 15) is 19.8 Å². The topological polar surface area (TPSA) is 93.1 Å². The number of esters is 2. The molecule has 0 aliphatic carbocycles. The Bertz CT molecular complexity index is 1230. The molecule has 2 aromatic rings. The zero-order valence-electron chi connectivity index (χ0n) is 30.8. The van der Waals surface area contributed by atoms with Crippen molar-refractivity contribution in [2.24, 2.45) is 0 Å². The lowest BCUT2D eigenvalue weighted by atomic mass is 9.94. The van der Waals surface area contributed by atoms with E-state index >= 15 is 0 Å². The minimum Gasteiger partial charge on any atom is -1.00 e. The van der Waals surface area contributed by atoms with E-state index in [0.717, 1.165) is 45.8 Å². The van der Waals surface area contributed by atoms with Crippen LogP contribution in [0.3, 0.4) is 0 Å². The highest BCUT2D eigenvalue weighted by molar-refractivity contribution is 5.79. The van der Waals surface area contributed by atoms with Crippen LogP contribution in [0.15, 0.2) is 60.7 Å². The molecule has 6 rings (SSSR count). The summed E-state index contributed by atoms with van der Waals surface area (Å²) in [4.78, 5) is 25.2. The number of rotatable bonds is 10. The van der Waals surface area contributed by atoms with Gasteiger partial charge < -0.3 is 62.6 Å². The molecular weight excluding hydrogens is 764 g/mol. The van der Waals surface area contributed by atoms with Crippen LogP contribution < -0.4 is 34.0 Å². The number of halogens is 2. The van der Waals surface area contributed by atoms with Crippen LogP contribution in [-0.2, 0) is 19.1 Å². The van der Waals surface area contributed by atoms with Crippen molar-refractivity contribution in [2.45, 2.75) is 139 Å². The maximum absolute atomic E-state index is 12.6. The summed E-state index contributed by atoms with van der Waals surface area (Å²) in [5, 5.41) is 19.3. The predicted molar refractivity (Wildman–Crippen MR) is 187 cm³/mol. The van der Waals surface area contributed by atoms with E-state index in [2.05, 4.69) is 41.8 Å². The first kappa shape index (κ1) is 42.6. The van der Waals surface area contributed by atoms with Crippen molar-refractivity contribution in [3.8, 4) is 0 Å². The number of ether oxygens (including phenoxy) is 2. The van der Waals surface area contributed by atoms with Gasteiger partial charge in [0.1, 0.15) is 24.0 Å². The van der Waals surface area contributed by atoms with Gasteiger partial charge in [-0.1, -0.05) is 60.7 Å². The third-order valence-corrected chi connectivity index (χ3v) is 13.1. The normalized spacial score (nSPS) is 32.1. The van der Waals surface area contributed by atoms with E-state index in [-0.39, 0.29) is 71.3 Å². The van der Waals surface area contributed by atoms with Gasteiger partial charge >= 0.3 is 11.9 Å². The van der Waals surface area contributed by atoms with Gasteiger partial charge in [0, 0.05) is 51.4 Å². The molecule has 8 nitrogen and oxygen atoms in total. The fourth-order valence-corrected chi connectivity index (χ4v) is 9.64. The first-order valence-corrected chi connectivity index (χ1v) is 18.4. The number of aliphatic hydroxyl groups is 2. The molecule has 4 heterocycles. The Hall–Kier alpha value is -1.82. The van der Waals surface area contributed by atoms with Crippen molar-refractivity contribution in [3.05, 3.63) is 71.8 Å². The van der Waals surface area contributed by atoms with Crippen LogP contribution in [-0.4, -0.2) is 107 Å². The van der Waals surface area contributed by atoms with E-state index in [1.54, 1.807) is 0 Å². The summed E-state index contributed by atoms with van der Waals surface area (Å²) in [6.07, 6.45) is 8.72. The number of benzene rings is 2. The summed E-state index contributed by atoms with van der Waals surface area (Å²) in [5.41, 5.74) is 1.65. The zero-order valence-corrected chi connectivity index (χ0v) is 34.0. The first-order chi connectivity index (χ1) is 22.9. The molecule has 4 fully saturated rings. The highest BCUT2D eigenvalue weighted by Crippen LogP contribution is 2.45. The lowest BCUT2D eigenvalue weighted by Gasteiger charge is -2.49. The van der Waals surface area contributed by atoms with Crippen molar-refractivity contribution in [2.75, 3.05) is 27.3 Å². The molecule has 0 spiro atoms. The third kappa shape index (κ3) is 8.69. The maximum Gasteiger partial charge on any atom is 0.316 e. The molecule has 6 unspecified atom stereocenters. The van der Waals surface area contributed by atoms with Crippen molar-refractivity contribution in [1.29, 1.82) is 0 Å². The Kier molecular flexibility index (Phi) is 15.6. The van der Waals surface area contributed by atoms with Crippen molar-refractivity contribution in [3.63, 3.8) is 0 Å². The van der Waals surface area contributed by atoms with Crippen LogP contribution in [0, 0.1) is 0 Å². The second-order valence-electron chi connectivity index (χ2n) is 15.8. The monoisotopic (exact) mass is 822 g/mol. The smallest absolute Gasteiger partial charge is 0.316 e. The van der Waals surface area contributed by atoms with Gasteiger partial charge in [0.15, 0.2) is 0 Å². The largest absolute Gasteiger partial charge is 1.00 e. The molecule has 10 heteroatoms. The van der Waals surface area contributed by atoms with Crippen LogP contribution in [0.4, 0.5) is 0 Å². The van der Waals surface area contributed by atoms with Crippen molar-refractivity contribution in [1.82, 2.24) is 0 Å². The lowest BCUT2D eigenvalue weighted by molar-refractivity contribution is -0.968. The molecule has 0 saturated carbocycles. The van der Waals surface area contributed by atoms with Gasteiger partial charge in [-0.15, -0.1) is 0 Å². The minimum atomic E-state index is -0.572. The molecule has 6 atom stereocenters. The Labute approximate surface area is 321 Å². The summed E-state index contributed by atoms with van der Waals surface area (Å²) in [5.74, 6) is -1.71. The molecule has 4 bridgehead atoms. The molecule has 0 radical (unpaired) electrons. The molecule has 4 aliphatic rings. The SMILES string of the molecule is CC(C)[N+]1(C)C2CCC1CC(OC(=O)C(CO)c1ccccc1)C2.CC(C)[N+]1(C)C2CCC1CC(OC(=O)C(CO)c1ccccc1)C2.[Br-].[Br-]. The Morgan fingerprint density at radius 2 is 0.880 bits per heavy atom. The minimum absolute atomic E-state index is 0. The average Bonchev–Trinajstić information content (AvgIpc) is 3.33. The number of aliphatic hydroxyl groups excluding tert-OH is 2. The summed E-state index contributed by atoms with van der Waals surface area (Å²) < 4.78 is 13.9. The highest BCUT2D eigenvalue weighted by atomic mass is 79.9. The van der Waals surface area contributed by atoms with E-state index in [1.807, 2.05) is 60.7 Å². The molecule has 4 saturated heterocycles. The van der Waals surface area contributed by atoms with Gasteiger partial charge in [-0.3, -0.25) is 9.59 Å². The molecule has 280 valence electrons. The van der Waals surface area contributed by atoms with Gasteiger partial charge in [-0.2, -0.15) is 0 Å². The Morgan fingerprint density at radius 1 is 0.600 bits per heavy atom. The molecule has 4 aliphatic heterocycles. The summed E-state index contributed by atoms with van der Waals surface area (Å²) in [6, 6.07) is 22.4. The lowest BCUT2D eigenvalue weighted by Crippen LogP contribution is -3.00. The predicted octanol–water partition coefficient (Wildman–Crippen LogP) is -0.284. The molecule has 0 amide bonds. The average molecular weight is 825 g/mol. The van der Waals surface area contributed by atoms with Crippen LogP contribution >= 0.6 is 0 Å². The molecule has 0 aromatic heterocycles. The van der Waals surface area contributed by atoms with Crippen molar-refractivity contribution >= 4 is 11.9 Å². The number of carbonyl (C=O) groups is 2. The van der Waals surface area contributed by atoms with Crippen LogP contribution in [0.1, 0.15) is 102 Å². The first-order valence-electron chi connectivity index (χ1n) is 18.4. The zero-order chi connectivity index (χ0) is 34.6. The molecule has 2 N–H and O–H groups in total. The van der Waals surface area contributed by atoms with Crippen LogP contribution in [0.5, 0.6) is 0 Å². The van der Waals surface area contributed by atoms with Crippen molar-refractivity contribution < 1.29 is 72.2 Å². The number of hydrogen-bond acceptors (Lipinski definition) is 6. The quantitative estimate of drug-likeness (QED) is 0.253. The van der Waals surface area contributed by atoms with E-state index in [4.69, 9.17) is 9.47 Å². The van der Waals surface area contributed by atoms with Gasteiger partial charge in [0.05, 0.1) is 63.6 Å². The highest BCUT2D eigenvalue weighted by Gasteiger charge is 2.55. The number of nitrogens with zero attached hydrogens (tertiary/aromatic N) is 2. The summed E-state index contributed by atoms with van der Waals surface area (Å²) in [6.45, 7) is 8.79. The van der Waals surface area contributed by atoms with E-state index in [0.29, 0.717) is 36.3 Å². The van der Waals surface area contributed by atoms with Gasteiger partial charge in [0.25, 0.3) is 0 Å². The van der Waals surface area contributed by atoms with E-state index < -0.39 is 11.8 Å². The molecular formula is C40H60Br2N2O6. The van der Waals surface area contributed by atoms with Gasteiger partial charge in [-0.25, -0.2) is 0 Å². The van der Waals surface area contributed by atoms with Crippen LogP contribution in [0.25, 0.3) is 0 Å². The fraction of sp³-hybridized carbons (Fsp3) is 0.650. The summed E-state index contributed by atoms with van der Waals surface area (Å²) >= 11 is 0. The second-order valence-corrected chi connectivity index (χ2v) is 15.8. The second kappa shape index (κ2) is 18.3. The number of hydrogen-bond donors (Lipinski definition) is 2. The Morgan fingerprint density at radius 3 is 1.12 bits per heavy atom. The Balaban J connectivity index is 0.000000260. The number of piperidine rings is 2. The van der Waals surface area contributed by atoms with Gasteiger partial charge in [0.2, 0.25) is 0 Å². The standard InChI is InChI=1S/2C20H30NO3.2BrH/c2*1-14(2)21(3)16-9-10-17(21)12-18(11-16)24-20(23)19(13-22)15-7-5-4-6-8-15;;/h2*4-8,14,16-19,22H,9-13H2,1-3H3;2*1H/q2*+1;;/p-2. The van der Waals surface area contributed by atoms with E-state index in [1.165, 1.54) is 25.7 Å². The maximum atomic E-state index is 12.6. The van der Waals surface area contributed by atoms with Crippen LogP contribution in [0.2, 0.25) is 0 Å².